The lowest BCUT2D eigenvalue weighted by Crippen LogP contribution is -2.20. The molecule has 0 amide bonds. The number of aromatic nitrogens is 2. The molecule has 3 rings (SSSR count). The first-order chi connectivity index (χ1) is 15.4. The molecule has 170 valence electrons. The number of hydrogen-bond acceptors (Lipinski definition) is 7. The number of thiazole rings is 1. The van der Waals surface area contributed by atoms with Crippen LogP contribution in [0, 0.1) is 5.95 Å². The molecular formula is C22H24Br2FN5OS. The Hall–Kier alpha value is -1.91. The molecule has 0 N–H and O–H groups in total. The van der Waals surface area contributed by atoms with E-state index in [0.717, 1.165) is 41.2 Å². The van der Waals surface area contributed by atoms with Crippen LogP contribution in [0.3, 0.4) is 0 Å². The van der Waals surface area contributed by atoms with Crippen molar-refractivity contribution < 1.29 is 9.18 Å². The summed E-state index contributed by atoms with van der Waals surface area (Å²) >= 11 is 8.08. The fourth-order valence-corrected chi connectivity index (χ4v) is 4.82. The molecule has 2 aromatic heterocycles. The van der Waals surface area contributed by atoms with Gasteiger partial charge in [0.25, 0.3) is 0 Å². The number of carbonyl (C=O) groups is 1. The van der Waals surface area contributed by atoms with Gasteiger partial charge in [0.1, 0.15) is 10.8 Å². The highest BCUT2D eigenvalue weighted by molar-refractivity contribution is 9.12. The monoisotopic (exact) mass is 583 g/mol. The second-order valence-corrected chi connectivity index (χ2v) is 10.1. The molecule has 1 aliphatic rings. The number of anilines is 1. The number of halogens is 3. The Bertz CT molecular complexity index is 1050. The Morgan fingerprint density at radius 2 is 2.12 bits per heavy atom. The standard InChI is InChI=1S/C22H24Br2FN5OS/c1-3-15(23)13-26-7-11-29(2)10-6-18-19(14-31)32-22(27-18)16-12-17(24)21(28-20(16)25)30-8-4-5-9-30/h3,7,11-14H,4-6,8-10H2,1-2H3/b11-7+,15-3+,26-13-. The predicted octanol–water partition coefficient (Wildman–Crippen LogP) is 5.83. The van der Waals surface area contributed by atoms with Crippen molar-refractivity contribution in [1.82, 2.24) is 14.9 Å². The second-order valence-electron chi connectivity index (χ2n) is 7.25. The van der Waals surface area contributed by atoms with Crippen molar-refractivity contribution >= 4 is 61.5 Å². The van der Waals surface area contributed by atoms with Crippen LogP contribution in [0.2, 0.25) is 0 Å². The van der Waals surface area contributed by atoms with E-state index in [0.29, 0.717) is 39.9 Å². The summed E-state index contributed by atoms with van der Waals surface area (Å²) in [5, 5.41) is 0.458. The second kappa shape index (κ2) is 11.8. The minimum atomic E-state index is -0.571. The molecule has 32 heavy (non-hydrogen) atoms. The molecule has 6 nitrogen and oxygen atoms in total. The lowest BCUT2D eigenvalue weighted by Gasteiger charge is -2.18. The maximum absolute atomic E-state index is 14.9. The average molecular weight is 585 g/mol. The van der Waals surface area contributed by atoms with Crippen molar-refractivity contribution in [2.24, 2.45) is 4.99 Å². The molecule has 3 heterocycles. The number of aliphatic imine (C=N–C) groups is 1. The Labute approximate surface area is 208 Å². The molecule has 1 saturated heterocycles. The number of nitrogens with zero attached hydrogens (tertiary/aromatic N) is 5. The molecule has 0 aromatic carbocycles. The van der Waals surface area contributed by atoms with E-state index in [-0.39, 0.29) is 0 Å². The molecule has 2 aromatic rings. The van der Waals surface area contributed by atoms with Crippen LogP contribution < -0.4 is 4.90 Å². The van der Waals surface area contributed by atoms with Crippen molar-refractivity contribution in [3.63, 3.8) is 0 Å². The van der Waals surface area contributed by atoms with Gasteiger partial charge in [0.15, 0.2) is 6.29 Å². The van der Waals surface area contributed by atoms with Crippen LogP contribution in [0.4, 0.5) is 10.2 Å². The van der Waals surface area contributed by atoms with Gasteiger partial charge in [0.2, 0.25) is 5.95 Å². The number of allylic oxidation sites excluding steroid dienone is 2. The first-order valence-electron chi connectivity index (χ1n) is 10.2. The van der Waals surface area contributed by atoms with E-state index >= 15 is 0 Å². The summed E-state index contributed by atoms with van der Waals surface area (Å²) in [6.07, 6.45) is 10.6. The largest absolute Gasteiger partial charge is 0.379 e. The quantitative estimate of drug-likeness (QED) is 0.211. The van der Waals surface area contributed by atoms with Crippen molar-refractivity contribution in [2.75, 3.05) is 31.6 Å². The highest BCUT2D eigenvalue weighted by atomic mass is 79.9. The molecule has 1 aliphatic heterocycles. The lowest BCUT2D eigenvalue weighted by atomic mass is 10.2. The Morgan fingerprint density at radius 1 is 1.38 bits per heavy atom. The summed E-state index contributed by atoms with van der Waals surface area (Å²) in [7, 11) is 1.92. The van der Waals surface area contributed by atoms with Crippen molar-refractivity contribution in [3.05, 3.63) is 50.0 Å². The Balaban J connectivity index is 1.72. The summed E-state index contributed by atoms with van der Waals surface area (Å²) in [6.45, 7) is 4.31. The molecule has 0 saturated carbocycles. The molecule has 0 spiro atoms. The van der Waals surface area contributed by atoms with E-state index in [2.05, 4.69) is 51.7 Å². The maximum Gasteiger partial charge on any atom is 0.225 e. The van der Waals surface area contributed by atoms with Gasteiger partial charge in [-0.15, -0.1) is 11.3 Å². The van der Waals surface area contributed by atoms with Crippen LogP contribution in [-0.4, -0.2) is 54.1 Å². The van der Waals surface area contributed by atoms with Crippen LogP contribution in [0.1, 0.15) is 35.1 Å². The van der Waals surface area contributed by atoms with Crippen molar-refractivity contribution in [1.29, 1.82) is 0 Å². The van der Waals surface area contributed by atoms with Crippen LogP contribution >= 0.6 is 43.2 Å². The number of hydrogen-bond donors (Lipinski definition) is 0. The van der Waals surface area contributed by atoms with E-state index < -0.39 is 5.95 Å². The van der Waals surface area contributed by atoms with Gasteiger partial charge in [-0.2, -0.15) is 4.39 Å². The smallest absolute Gasteiger partial charge is 0.225 e. The number of likely N-dealkylation sites (N-methyl/N-ethyl adjacent to an activating group) is 1. The topological polar surface area (TPSA) is 61.7 Å². The minimum absolute atomic E-state index is 0.302. The normalized spacial score (nSPS) is 14.8. The van der Waals surface area contributed by atoms with E-state index in [1.165, 1.54) is 11.3 Å². The first kappa shape index (κ1) is 24.7. The first-order valence-corrected chi connectivity index (χ1v) is 12.6. The number of aldehydes is 1. The zero-order valence-electron chi connectivity index (χ0n) is 17.9. The van der Waals surface area contributed by atoms with Gasteiger partial charge in [-0.25, -0.2) is 9.97 Å². The molecule has 0 atom stereocenters. The minimum Gasteiger partial charge on any atom is -0.379 e. The SMILES string of the molecule is C\C=C(Br)/C=N\C=C\N(C)CCc1nc(-c2cc(Br)c(N3CCCC3)nc2F)sc1C=O. The third-order valence-electron chi connectivity index (χ3n) is 4.96. The average Bonchev–Trinajstić information content (AvgIpc) is 3.46. The highest BCUT2D eigenvalue weighted by Crippen LogP contribution is 2.35. The zero-order valence-corrected chi connectivity index (χ0v) is 21.9. The number of rotatable bonds is 9. The predicted molar refractivity (Wildman–Crippen MR) is 136 cm³/mol. The summed E-state index contributed by atoms with van der Waals surface area (Å²) in [5.41, 5.74) is 0.955. The number of pyridine rings is 1. The fraction of sp³-hybridized carbons (Fsp3) is 0.364. The van der Waals surface area contributed by atoms with Crippen LogP contribution in [-0.2, 0) is 6.42 Å². The molecule has 0 unspecified atom stereocenters. The van der Waals surface area contributed by atoms with Gasteiger partial charge >= 0.3 is 0 Å². The van der Waals surface area contributed by atoms with Gasteiger partial charge in [-0.1, -0.05) is 6.08 Å². The number of carbonyl (C=O) groups excluding carboxylic acids is 1. The molecule has 0 bridgehead atoms. The Kier molecular flexibility index (Phi) is 9.12. The van der Waals surface area contributed by atoms with Crippen LogP contribution in [0.15, 0.2) is 38.5 Å². The van der Waals surface area contributed by atoms with Gasteiger partial charge in [0.05, 0.1) is 20.6 Å². The van der Waals surface area contributed by atoms with Gasteiger partial charge in [-0.3, -0.25) is 9.79 Å². The molecule has 0 aliphatic carbocycles. The third-order valence-corrected chi connectivity index (χ3v) is 7.27. The van der Waals surface area contributed by atoms with Crippen molar-refractivity contribution in [2.45, 2.75) is 26.2 Å². The maximum atomic E-state index is 14.9. The third kappa shape index (κ3) is 6.32. The van der Waals surface area contributed by atoms with E-state index in [1.807, 2.05) is 31.1 Å². The molecule has 10 heteroatoms. The molecular weight excluding hydrogens is 561 g/mol. The van der Waals surface area contributed by atoms with Gasteiger partial charge in [0, 0.05) is 56.2 Å². The van der Waals surface area contributed by atoms with E-state index in [9.17, 15) is 9.18 Å². The Morgan fingerprint density at radius 3 is 2.81 bits per heavy atom. The summed E-state index contributed by atoms with van der Waals surface area (Å²) in [6, 6.07) is 1.71. The van der Waals surface area contributed by atoms with Gasteiger partial charge < -0.3 is 9.80 Å². The molecule has 1 fully saturated rings. The fourth-order valence-electron chi connectivity index (χ4n) is 3.21. The highest BCUT2D eigenvalue weighted by Gasteiger charge is 2.22. The van der Waals surface area contributed by atoms with Crippen LogP contribution in [0.5, 0.6) is 0 Å². The van der Waals surface area contributed by atoms with Crippen molar-refractivity contribution in [3.8, 4) is 10.6 Å². The van der Waals surface area contributed by atoms with E-state index in [1.54, 1.807) is 18.5 Å². The van der Waals surface area contributed by atoms with Gasteiger partial charge in [-0.05, 0) is 57.7 Å². The van der Waals surface area contributed by atoms with E-state index in [4.69, 9.17) is 0 Å². The lowest BCUT2D eigenvalue weighted by molar-refractivity contribution is 0.112. The summed E-state index contributed by atoms with van der Waals surface area (Å²) < 4.78 is 16.5. The summed E-state index contributed by atoms with van der Waals surface area (Å²) in [4.78, 5) is 29.1. The van der Waals surface area contributed by atoms with Crippen LogP contribution in [0.25, 0.3) is 10.6 Å². The zero-order chi connectivity index (χ0) is 23.1. The molecule has 0 radical (unpaired) electrons. The summed E-state index contributed by atoms with van der Waals surface area (Å²) in [5.74, 6) is 0.0479.